The standard InChI is InChI=1S/C15H23N3/c1-4-12(2)9-13(16-3)10-18-11-17-14-7-5-6-8-15(14)18/h5-8,11-13,16H,4,9-10H2,1-3H3. The average molecular weight is 245 g/mol. The minimum absolute atomic E-state index is 0.512. The van der Waals surface area contributed by atoms with Crippen molar-refractivity contribution in [3.05, 3.63) is 30.6 Å². The van der Waals surface area contributed by atoms with Gasteiger partial charge in [0.05, 0.1) is 17.4 Å². The molecule has 0 bridgehead atoms. The average Bonchev–Trinajstić information content (AvgIpc) is 2.81. The van der Waals surface area contributed by atoms with Gasteiger partial charge in [0.2, 0.25) is 0 Å². The Morgan fingerprint density at radius 3 is 2.83 bits per heavy atom. The van der Waals surface area contributed by atoms with Gasteiger partial charge in [0.15, 0.2) is 0 Å². The lowest BCUT2D eigenvalue weighted by Gasteiger charge is -2.20. The number of aromatic nitrogens is 2. The molecule has 3 heteroatoms. The Morgan fingerprint density at radius 1 is 1.33 bits per heavy atom. The van der Waals surface area contributed by atoms with Crippen LogP contribution in [0.1, 0.15) is 26.7 Å². The Labute approximate surface area is 109 Å². The minimum Gasteiger partial charge on any atom is -0.329 e. The summed E-state index contributed by atoms with van der Waals surface area (Å²) in [4.78, 5) is 4.44. The second-order valence-electron chi connectivity index (χ2n) is 5.12. The fourth-order valence-corrected chi connectivity index (χ4v) is 2.33. The zero-order valence-electron chi connectivity index (χ0n) is 11.6. The van der Waals surface area contributed by atoms with E-state index in [1.165, 1.54) is 18.4 Å². The molecule has 0 saturated carbocycles. The molecule has 2 aromatic rings. The van der Waals surface area contributed by atoms with Gasteiger partial charge >= 0.3 is 0 Å². The molecule has 0 saturated heterocycles. The first-order valence-electron chi connectivity index (χ1n) is 6.81. The summed E-state index contributed by atoms with van der Waals surface area (Å²) in [5, 5.41) is 3.42. The number of imidazole rings is 1. The maximum atomic E-state index is 4.44. The van der Waals surface area contributed by atoms with Crippen molar-refractivity contribution < 1.29 is 0 Å². The van der Waals surface area contributed by atoms with Gasteiger partial charge in [0, 0.05) is 12.6 Å². The van der Waals surface area contributed by atoms with E-state index in [1.807, 2.05) is 19.4 Å². The van der Waals surface area contributed by atoms with Crippen LogP contribution in [-0.2, 0) is 6.54 Å². The van der Waals surface area contributed by atoms with E-state index in [-0.39, 0.29) is 0 Å². The van der Waals surface area contributed by atoms with E-state index in [1.54, 1.807) is 0 Å². The van der Waals surface area contributed by atoms with Gasteiger partial charge in [0.25, 0.3) is 0 Å². The predicted octanol–water partition coefficient (Wildman–Crippen LogP) is 3.06. The van der Waals surface area contributed by atoms with Crippen LogP contribution in [0, 0.1) is 5.92 Å². The summed E-state index contributed by atoms with van der Waals surface area (Å²) in [6.45, 7) is 5.56. The number of hydrogen-bond acceptors (Lipinski definition) is 2. The molecule has 1 aromatic heterocycles. The number of fused-ring (bicyclic) bond motifs is 1. The quantitative estimate of drug-likeness (QED) is 0.847. The van der Waals surface area contributed by atoms with Crippen molar-refractivity contribution in [2.45, 2.75) is 39.3 Å². The highest BCUT2D eigenvalue weighted by molar-refractivity contribution is 5.74. The summed E-state index contributed by atoms with van der Waals surface area (Å²) in [6, 6.07) is 8.82. The van der Waals surface area contributed by atoms with E-state index in [0.717, 1.165) is 18.0 Å². The third-order valence-electron chi connectivity index (χ3n) is 3.74. The van der Waals surface area contributed by atoms with Crippen molar-refractivity contribution in [2.75, 3.05) is 7.05 Å². The number of para-hydroxylation sites is 2. The Bertz CT molecular complexity index is 489. The van der Waals surface area contributed by atoms with Crippen LogP contribution in [0.3, 0.4) is 0 Å². The van der Waals surface area contributed by atoms with Gasteiger partial charge in [-0.25, -0.2) is 4.98 Å². The lowest BCUT2D eigenvalue weighted by molar-refractivity contribution is 0.379. The van der Waals surface area contributed by atoms with Crippen molar-refractivity contribution in [3.8, 4) is 0 Å². The SMILES string of the molecule is CCC(C)CC(Cn1cnc2ccccc21)NC. The molecule has 0 aliphatic carbocycles. The predicted molar refractivity (Wildman–Crippen MR) is 76.7 cm³/mol. The van der Waals surface area contributed by atoms with Gasteiger partial charge in [-0.1, -0.05) is 32.4 Å². The molecule has 1 N–H and O–H groups in total. The first kappa shape index (κ1) is 13.1. The second-order valence-corrected chi connectivity index (χ2v) is 5.12. The molecule has 2 rings (SSSR count). The summed E-state index contributed by atoms with van der Waals surface area (Å²) in [5.74, 6) is 0.761. The summed E-state index contributed by atoms with van der Waals surface area (Å²) in [5.41, 5.74) is 2.30. The fraction of sp³-hybridized carbons (Fsp3) is 0.533. The van der Waals surface area contributed by atoms with Crippen LogP contribution in [0.4, 0.5) is 0 Å². The molecule has 3 nitrogen and oxygen atoms in total. The number of nitrogens with one attached hydrogen (secondary N) is 1. The maximum Gasteiger partial charge on any atom is 0.0958 e. The van der Waals surface area contributed by atoms with Crippen LogP contribution in [0.5, 0.6) is 0 Å². The van der Waals surface area contributed by atoms with Crippen LogP contribution in [-0.4, -0.2) is 22.6 Å². The molecule has 0 aliphatic rings. The summed E-state index contributed by atoms with van der Waals surface area (Å²) < 4.78 is 2.25. The lowest BCUT2D eigenvalue weighted by Crippen LogP contribution is -2.31. The molecule has 2 unspecified atom stereocenters. The minimum atomic E-state index is 0.512. The van der Waals surface area contributed by atoms with E-state index in [2.05, 4.69) is 46.9 Å². The van der Waals surface area contributed by atoms with Crippen molar-refractivity contribution in [1.29, 1.82) is 0 Å². The Balaban J connectivity index is 2.11. The molecular formula is C15H23N3. The van der Waals surface area contributed by atoms with E-state index in [4.69, 9.17) is 0 Å². The normalized spacial score (nSPS) is 14.8. The third-order valence-corrected chi connectivity index (χ3v) is 3.74. The Hall–Kier alpha value is -1.35. The molecule has 0 radical (unpaired) electrons. The molecule has 98 valence electrons. The number of benzene rings is 1. The molecule has 1 heterocycles. The summed E-state index contributed by atoms with van der Waals surface area (Å²) >= 11 is 0. The van der Waals surface area contributed by atoms with E-state index in [0.29, 0.717) is 6.04 Å². The molecular weight excluding hydrogens is 222 g/mol. The topological polar surface area (TPSA) is 29.9 Å². The molecule has 2 atom stereocenters. The van der Waals surface area contributed by atoms with Crippen LogP contribution >= 0.6 is 0 Å². The van der Waals surface area contributed by atoms with Gasteiger partial charge in [-0.05, 0) is 31.5 Å². The first-order valence-corrected chi connectivity index (χ1v) is 6.81. The second kappa shape index (κ2) is 6.01. The van der Waals surface area contributed by atoms with Crippen molar-refractivity contribution in [1.82, 2.24) is 14.9 Å². The lowest BCUT2D eigenvalue weighted by atomic mass is 9.99. The van der Waals surface area contributed by atoms with Crippen LogP contribution < -0.4 is 5.32 Å². The zero-order valence-corrected chi connectivity index (χ0v) is 11.6. The van der Waals surface area contributed by atoms with Gasteiger partial charge in [-0.2, -0.15) is 0 Å². The van der Waals surface area contributed by atoms with Gasteiger partial charge in [-0.15, -0.1) is 0 Å². The van der Waals surface area contributed by atoms with Crippen LogP contribution in [0.25, 0.3) is 11.0 Å². The molecule has 0 amide bonds. The Kier molecular flexibility index (Phi) is 4.37. The molecule has 0 aliphatic heterocycles. The molecule has 0 spiro atoms. The van der Waals surface area contributed by atoms with Crippen molar-refractivity contribution >= 4 is 11.0 Å². The fourth-order valence-electron chi connectivity index (χ4n) is 2.33. The first-order chi connectivity index (χ1) is 8.74. The largest absolute Gasteiger partial charge is 0.329 e. The highest BCUT2D eigenvalue weighted by Gasteiger charge is 2.12. The van der Waals surface area contributed by atoms with Crippen LogP contribution in [0.2, 0.25) is 0 Å². The molecule has 0 fully saturated rings. The van der Waals surface area contributed by atoms with E-state index >= 15 is 0 Å². The van der Waals surface area contributed by atoms with Crippen molar-refractivity contribution in [3.63, 3.8) is 0 Å². The number of nitrogens with zero attached hydrogens (tertiary/aromatic N) is 2. The summed E-state index contributed by atoms with van der Waals surface area (Å²) in [6.07, 6.45) is 4.40. The highest BCUT2D eigenvalue weighted by atomic mass is 15.1. The molecule has 1 aromatic carbocycles. The third kappa shape index (κ3) is 2.91. The number of likely N-dealkylation sites (N-methyl/N-ethyl adjacent to an activating group) is 1. The number of rotatable bonds is 6. The van der Waals surface area contributed by atoms with Gasteiger partial charge in [0.1, 0.15) is 0 Å². The zero-order chi connectivity index (χ0) is 13.0. The van der Waals surface area contributed by atoms with Crippen molar-refractivity contribution in [2.24, 2.45) is 5.92 Å². The maximum absolute atomic E-state index is 4.44. The van der Waals surface area contributed by atoms with Crippen LogP contribution in [0.15, 0.2) is 30.6 Å². The number of hydrogen-bond donors (Lipinski definition) is 1. The molecule has 18 heavy (non-hydrogen) atoms. The monoisotopic (exact) mass is 245 g/mol. The van der Waals surface area contributed by atoms with Gasteiger partial charge < -0.3 is 9.88 Å². The van der Waals surface area contributed by atoms with Gasteiger partial charge in [-0.3, -0.25) is 0 Å². The highest BCUT2D eigenvalue weighted by Crippen LogP contribution is 2.15. The summed E-state index contributed by atoms with van der Waals surface area (Å²) in [7, 11) is 2.05. The van der Waals surface area contributed by atoms with E-state index in [9.17, 15) is 0 Å². The van der Waals surface area contributed by atoms with E-state index < -0.39 is 0 Å². The Morgan fingerprint density at radius 2 is 2.11 bits per heavy atom. The smallest absolute Gasteiger partial charge is 0.0958 e.